The van der Waals surface area contributed by atoms with Crippen LogP contribution in [0.15, 0.2) is 23.7 Å². The highest BCUT2D eigenvalue weighted by molar-refractivity contribution is 7.14. The van der Waals surface area contributed by atoms with Gasteiger partial charge in [-0.2, -0.15) is 0 Å². The number of anilines is 1. The number of rotatable bonds is 5. The molecule has 3 rings (SSSR count). The number of carbonyl (C=O) groups is 1. The number of hydrogen-bond acceptors (Lipinski definition) is 3. The van der Waals surface area contributed by atoms with Crippen LogP contribution in [0.5, 0.6) is 0 Å². The molecule has 0 fully saturated rings. The van der Waals surface area contributed by atoms with Gasteiger partial charge in [-0.05, 0) is 32.4 Å². The lowest BCUT2D eigenvalue weighted by atomic mass is 10.2. The number of amides is 1. The quantitative estimate of drug-likeness (QED) is 0.680. The number of aryl methyl sites for hydroxylation is 1. The minimum atomic E-state index is -0.251. The Balaban J connectivity index is 1.81. The van der Waals surface area contributed by atoms with E-state index in [2.05, 4.69) is 46.7 Å². The topological polar surface area (TPSA) is 62.7 Å². The Labute approximate surface area is 149 Å². The highest BCUT2D eigenvalue weighted by Crippen LogP contribution is 2.30. The molecule has 0 unspecified atom stereocenters. The maximum Gasteiger partial charge on any atom is 0.273 e. The zero-order chi connectivity index (χ0) is 17.3. The van der Waals surface area contributed by atoms with Crippen LogP contribution in [0.25, 0.3) is 11.3 Å². The molecule has 0 saturated heterocycles. The summed E-state index contributed by atoms with van der Waals surface area (Å²) in [6, 6.07) is 3.74. The third-order valence-electron chi connectivity index (χ3n) is 3.91. The summed E-state index contributed by atoms with van der Waals surface area (Å²) in [6.45, 7) is 7.38. The molecule has 3 aromatic heterocycles. The Hall–Kier alpha value is -2.05. The summed E-state index contributed by atoms with van der Waals surface area (Å²) in [7, 11) is 0. The molecule has 0 spiro atoms. The molecular weight excluding hydrogens is 344 g/mol. The molecule has 3 aromatic rings. The van der Waals surface area contributed by atoms with Crippen molar-refractivity contribution in [2.45, 2.75) is 33.7 Å². The molecule has 0 bridgehead atoms. The zero-order valence-corrected chi connectivity index (χ0v) is 15.4. The first-order chi connectivity index (χ1) is 11.5. The van der Waals surface area contributed by atoms with Crippen LogP contribution < -0.4 is 5.32 Å². The minimum Gasteiger partial charge on any atom is -0.356 e. The van der Waals surface area contributed by atoms with Crippen LogP contribution in [0.2, 0.25) is 5.02 Å². The summed E-state index contributed by atoms with van der Waals surface area (Å²) in [5, 5.41) is 5.84. The van der Waals surface area contributed by atoms with Gasteiger partial charge in [0.15, 0.2) is 5.13 Å². The van der Waals surface area contributed by atoms with Crippen molar-refractivity contribution in [3.8, 4) is 11.3 Å². The van der Waals surface area contributed by atoms with E-state index in [4.69, 9.17) is 11.6 Å². The normalized spacial score (nSPS) is 11.0. The molecule has 1 amide bonds. The van der Waals surface area contributed by atoms with E-state index in [1.165, 1.54) is 22.7 Å². The average Bonchev–Trinajstić information content (AvgIpc) is 3.23. The molecule has 5 nitrogen and oxygen atoms in total. The Bertz CT molecular complexity index is 877. The molecule has 7 heteroatoms. The number of H-pyrrole nitrogens is 1. The predicted molar refractivity (Wildman–Crippen MR) is 99.1 cm³/mol. The lowest BCUT2D eigenvalue weighted by molar-refractivity contribution is 0.102. The van der Waals surface area contributed by atoms with Gasteiger partial charge in [0.2, 0.25) is 0 Å². The van der Waals surface area contributed by atoms with Crippen LogP contribution in [-0.4, -0.2) is 20.4 Å². The van der Waals surface area contributed by atoms with E-state index in [0.717, 1.165) is 24.2 Å². The van der Waals surface area contributed by atoms with Gasteiger partial charge in [-0.25, -0.2) is 4.98 Å². The maximum atomic E-state index is 12.1. The van der Waals surface area contributed by atoms with E-state index < -0.39 is 0 Å². The van der Waals surface area contributed by atoms with E-state index in [-0.39, 0.29) is 5.91 Å². The molecule has 0 aromatic carbocycles. The van der Waals surface area contributed by atoms with Crippen molar-refractivity contribution < 1.29 is 4.79 Å². The molecule has 24 heavy (non-hydrogen) atoms. The standard InChI is InChI=1S/C17H19ClN4OS/c1-4-5-22-10(2)6-13(11(22)3)15-9-24-17(20-15)21-16(23)14-7-12(18)8-19-14/h6-9,19H,4-5H2,1-3H3,(H,20,21,23). The number of nitrogens with zero attached hydrogens (tertiary/aromatic N) is 2. The van der Waals surface area contributed by atoms with Crippen LogP contribution in [0, 0.1) is 13.8 Å². The lowest BCUT2D eigenvalue weighted by Crippen LogP contribution is -2.11. The SMILES string of the molecule is CCCn1c(C)cc(-c2csc(NC(=O)c3cc(Cl)c[nH]3)n2)c1C. The first kappa shape index (κ1) is 16.8. The van der Waals surface area contributed by atoms with Crippen molar-refractivity contribution in [2.75, 3.05) is 5.32 Å². The summed E-state index contributed by atoms with van der Waals surface area (Å²) in [5.41, 5.74) is 4.84. The third kappa shape index (κ3) is 3.25. The van der Waals surface area contributed by atoms with Gasteiger partial charge < -0.3 is 9.55 Å². The van der Waals surface area contributed by atoms with Crippen LogP contribution in [-0.2, 0) is 6.54 Å². The van der Waals surface area contributed by atoms with E-state index in [0.29, 0.717) is 15.8 Å². The fourth-order valence-corrected chi connectivity index (χ4v) is 3.62. The fraction of sp³-hybridized carbons (Fsp3) is 0.294. The molecule has 0 aliphatic rings. The molecule has 0 atom stereocenters. The Morgan fingerprint density at radius 2 is 2.21 bits per heavy atom. The summed E-state index contributed by atoms with van der Waals surface area (Å²) >= 11 is 7.24. The van der Waals surface area contributed by atoms with Crippen molar-refractivity contribution in [1.82, 2.24) is 14.5 Å². The Morgan fingerprint density at radius 3 is 2.88 bits per heavy atom. The monoisotopic (exact) mass is 362 g/mol. The highest BCUT2D eigenvalue weighted by atomic mass is 35.5. The number of halogens is 1. The summed E-state index contributed by atoms with van der Waals surface area (Å²) in [4.78, 5) is 19.5. The van der Waals surface area contributed by atoms with Crippen LogP contribution >= 0.6 is 22.9 Å². The third-order valence-corrected chi connectivity index (χ3v) is 4.89. The van der Waals surface area contributed by atoms with Gasteiger partial charge in [0.1, 0.15) is 5.69 Å². The van der Waals surface area contributed by atoms with Crippen molar-refractivity contribution in [2.24, 2.45) is 0 Å². The van der Waals surface area contributed by atoms with Gasteiger partial charge in [0.25, 0.3) is 5.91 Å². The van der Waals surface area contributed by atoms with Gasteiger partial charge in [0.05, 0.1) is 10.7 Å². The number of hydrogen-bond donors (Lipinski definition) is 2. The largest absolute Gasteiger partial charge is 0.356 e. The average molecular weight is 363 g/mol. The molecule has 0 aliphatic heterocycles. The number of nitrogens with one attached hydrogen (secondary N) is 2. The number of aromatic nitrogens is 3. The van der Waals surface area contributed by atoms with Gasteiger partial charge in [-0.15, -0.1) is 11.3 Å². The Morgan fingerprint density at radius 1 is 1.42 bits per heavy atom. The molecule has 0 aliphatic carbocycles. The van der Waals surface area contributed by atoms with E-state index in [9.17, 15) is 4.79 Å². The lowest BCUT2D eigenvalue weighted by Gasteiger charge is -2.07. The van der Waals surface area contributed by atoms with E-state index in [1.54, 1.807) is 12.3 Å². The van der Waals surface area contributed by atoms with Crippen LogP contribution in [0.3, 0.4) is 0 Å². The summed E-state index contributed by atoms with van der Waals surface area (Å²) < 4.78 is 2.30. The molecule has 0 saturated carbocycles. The molecule has 126 valence electrons. The zero-order valence-electron chi connectivity index (χ0n) is 13.8. The van der Waals surface area contributed by atoms with Crippen molar-refractivity contribution >= 4 is 34.0 Å². The second-order valence-electron chi connectivity index (χ2n) is 5.66. The van der Waals surface area contributed by atoms with Gasteiger partial charge in [-0.1, -0.05) is 18.5 Å². The van der Waals surface area contributed by atoms with Crippen LogP contribution in [0.4, 0.5) is 5.13 Å². The summed E-state index contributed by atoms with van der Waals surface area (Å²) in [6.07, 6.45) is 2.67. The minimum absolute atomic E-state index is 0.251. The van der Waals surface area contributed by atoms with Gasteiger partial charge in [0, 0.05) is 35.1 Å². The fourth-order valence-electron chi connectivity index (χ4n) is 2.75. The van der Waals surface area contributed by atoms with Crippen molar-refractivity contribution in [3.05, 3.63) is 45.8 Å². The summed E-state index contributed by atoms with van der Waals surface area (Å²) in [5.74, 6) is -0.251. The first-order valence-corrected chi connectivity index (χ1v) is 9.03. The molecule has 0 radical (unpaired) electrons. The molecule has 3 heterocycles. The van der Waals surface area contributed by atoms with Crippen molar-refractivity contribution in [3.63, 3.8) is 0 Å². The van der Waals surface area contributed by atoms with E-state index in [1.807, 2.05) is 5.38 Å². The van der Waals surface area contributed by atoms with E-state index >= 15 is 0 Å². The van der Waals surface area contributed by atoms with Gasteiger partial charge >= 0.3 is 0 Å². The maximum absolute atomic E-state index is 12.1. The predicted octanol–water partition coefficient (Wildman–Crippen LogP) is 4.87. The number of aromatic amines is 1. The second-order valence-corrected chi connectivity index (χ2v) is 6.95. The molecule has 2 N–H and O–H groups in total. The molecular formula is C17H19ClN4OS. The van der Waals surface area contributed by atoms with Crippen molar-refractivity contribution in [1.29, 1.82) is 0 Å². The van der Waals surface area contributed by atoms with Crippen LogP contribution in [0.1, 0.15) is 35.2 Å². The van der Waals surface area contributed by atoms with Gasteiger partial charge in [-0.3, -0.25) is 10.1 Å². The highest BCUT2D eigenvalue weighted by Gasteiger charge is 2.15. The number of thiazole rings is 1. The number of carbonyl (C=O) groups excluding carboxylic acids is 1. The Kier molecular flexibility index (Phi) is 4.78. The second kappa shape index (κ2) is 6.83. The smallest absolute Gasteiger partial charge is 0.273 e. The first-order valence-electron chi connectivity index (χ1n) is 7.77.